The molecule has 0 radical (unpaired) electrons. The molecule has 132 valence electrons. The maximum absolute atomic E-state index is 12.4. The normalized spacial score (nSPS) is 19.6. The Morgan fingerprint density at radius 1 is 1.17 bits per heavy atom. The van der Waals surface area contributed by atoms with E-state index in [1.165, 1.54) is 12.8 Å². The largest absolute Gasteiger partial charge is 0.354 e. The van der Waals surface area contributed by atoms with Gasteiger partial charge in [-0.1, -0.05) is 12.8 Å². The Kier molecular flexibility index (Phi) is 5.53. The van der Waals surface area contributed by atoms with Crippen LogP contribution in [0.3, 0.4) is 0 Å². The minimum absolute atomic E-state index is 0.0389. The standard InChI is InChI=1S/C18H28N4O2/c1-14-12-20-22(13-14)11-8-19-17(23)15-6-9-21(10-7-15)18(24)16-4-2-3-5-16/h12-13,15-16H,2-11H2,1H3,(H,19,23). The second-order valence-corrected chi connectivity index (χ2v) is 7.15. The van der Waals surface area contributed by atoms with Gasteiger partial charge in [0.05, 0.1) is 12.7 Å². The molecule has 2 amide bonds. The molecule has 1 aliphatic carbocycles. The van der Waals surface area contributed by atoms with E-state index >= 15 is 0 Å². The summed E-state index contributed by atoms with van der Waals surface area (Å²) < 4.78 is 1.85. The number of piperidine rings is 1. The number of rotatable bonds is 5. The Morgan fingerprint density at radius 2 is 1.88 bits per heavy atom. The maximum atomic E-state index is 12.4. The van der Waals surface area contributed by atoms with E-state index < -0.39 is 0 Å². The number of nitrogens with one attached hydrogen (secondary N) is 1. The van der Waals surface area contributed by atoms with Gasteiger partial charge in [0, 0.05) is 37.7 Å². The van der Waals surface area contributed by atoms with Crippen LogP contribution in [-0.2, 0) is 16.1 Å². The lowest BCUT2D eigenvalue weighted by atomic mass is 9.94. The van der Waals surface area contributed by atoms with Crippen LogP contribution < -0.4 is 5.32 Å². The van der Waals surface area contributed by atoms with Crippen molar-refractivity contribution in [1.29, 1.82) is 0 Å². The second kappa shape index (κ2) is 7.81. The molecular formula is C18H28N4O2. The van der Waals surface area contributed by atoms with Crippen LogP contribution in [0.5, 0.6) is 0 Å². The minimum atomic E-state index is 0.0389. The number of hydrogen-bond donors (Lipinski definition) is 1. The van der Waals surface area contributed by atoms with Crippen molar-refractivity contribution in [3.63, 3.8) is 0 Å². The van der Waals surface area contributed by atoms with E-state index in [0.29, 0.717) is 19.0 Å². The van der Waals surface area contributed by atoms with Crippen molar-refractivity contribution in [2.75, 3.05) is 19.6 Å². The van der Waals surface area contributed by atoms with Crippen LogP contribution >= 0.6 is 0 Å². The maximum Gasteiger partial charge on any atom is 0.225 e. The molecule has 2 heterocycles. The Morgan fingerprint density at radius 3 is 2.50 bits per heavy atom. The lowest BCUT2D eigenvalue weighted by Gasteiger charge is -2.33. The van der Waals surface area contributed by atoms with Crippen molar-refractivity contribution in [2.45, 2.75) is 52.0 Å². The third kappa shape index (κ3) is 4.16. The zero-order chi connectivity index (χ0) is 16.9. The predicted octanol–water partition coefficient (Wildman–Crippen LogP) is 1.74. The first kappa shape index (κ1) is 17.0. The zero-order valence-corrected chi connectivity index (χ0v) is 14.5. The fourth-order valence-electron chi connectivity index (χ4n) is 3.82. The van der Waals surface area contributed by atoms with Gasteiger partial charge in [0.25, 0.3) is 0 Å². The summed E-state index contributed by atoms with van der Waals surface area (Å²) in [5.41, 5.74) is 1.13. The van der Waals surface area contributed by atoms with Crippen molar-refractivity contribution in [1.82, 2.24) is 20.0 Å². The van der Waals surface area contributed by atoms with Gasteiger partial charge in [0.2, 0.25) is 11.8 Å². The van der Waals surface area contributed by atoms with E-state index in [-0.39, 0.29) is 17.7 Å². The molecule has 0 atom stereocenters. The second-order valence-electron chi connectivity index (χ2n) is 7.15. The minimum Gasteiger partial charge on any atom is -0.354 e. The first-order valence-corrected chi connectivity index (χ1v) is 9.19. The highest BCUT2D eigenvalue weighted by molar-refractivity contribution is 5.81. The molecular weight excluding hydrogens is 304 g/mol. The predicted molar refractivity (Wildman–Crippen MR) is 91.2 cm³/mol. The highest BCUT2D eigenvalue weighted by Gasteiger charge is 2.31. The number of amides is 2. The average Bonchev–Trinajstić information content (AvgIpc) is 3.26. The van der Waals surface area contributed by atoms with Gasteiger partial charge in [0.1, 0.15) is 0 Å². The lowest BCUT2D eigenvalue weighted by Crippen LogP contribution is -2.45. The van der Waals surface area contributed by atoms with Gasteiger partial charge in [-0.2, -0.15) is 5.10 Å². The van der Waals surface area contributed by atoms with E-state index in [1.54, 1.807) is 0 Å². The van der Waals surface area contributed by atoms with E-state index in [0.717, 1.165) is 44.3 Å². The molecule has 3 rings (SSSR count). The van der Waals surface area contributed by atoms with Gasteiger partial charge in [-0.15, -0.1) is 0 Å². The molecule has 6 nitrogen and oxygen atoms in total. The molecule has 0 bridgehead atoms. The van der Waals surface area contributed by atoms with Gasteiger partial charge >= 0.3 is 0 Å². The molecule has 0 aromatic carbocycles. The molecule has 0 spiro atoms. The molecule has 6 heteroatoms. The van der Waals surface area contributed by atoms with Crippen molar-refractivity contribution in [3.05, 3.63) is 18.0 Å². The Balaban J connectivity index is 1.37. The van der Waals surface area contributed by atoms with Gasteiger partial charge in [-0.3, -0.25) is 14.3 Å². The van der Waals surface area contributed by atoms with Crippen molar-refractivity contribution in [3.8, 4) is 0 Å². The smallest absolute Gasteiger partial charge is 0.225 e. The summed E-state index contributed by atoms with van der Waals surface area (Å²) in [5.74, 6) is 0.720. The summed E-state index contributed by atoms with van der Waals surface area (Å²) in [6.45, 7) is 4.75. The van der Waals surface area contributed by atoms with Gasteiger partial charge in [0.15, 0.2) is 0 Å². The van der Waals surface area contributed by atoms with E-state index in [2.05, 4.69) is 10.4 Å². The van der Waals surface area contributed by atoms with Crippen molar-refractivity contribution >= 4 is 11.8 Å². The van der Waals surface area contributed by atoms with Gasteiger partial charge < -0.3 is 10.2 Å². The van der Waals surface area contributed by atoms with Crippen LogP contribution in [0.15, 0.2) is 12.4 Å². The molecule has 24 heavy (non-hydrogen) atoms. The monoisotopic (exact) mass is 332 g/mol. The SMILES string of the molecule is Cc1cnn(CCNC(=O)C2CCN(C(=O)C3CCCC3)CC2)c1. The van der Waals surface area contributed by atoms with Crippen LogP contribution in [0, 0.1) is 18.8 Å². The third-order valence-electron chi connectivity index (χ3n) is 5.28. The summed E-state index contributed by atoms with van der Waals surface area (Å²) in [4.78, 5) is 26.7. The number of aryl methyl sites for hydroxylation is 1. The first-order valence-electron chi connectivity index (χ1n) is 9.19. The van der Waals surface area contributed by atoms with Crippen LogP contribution in [0.25, 0.3) is 0 Å². The summed E-state index contributed by atoms with van der Waals surface area (Å²) in [7, 11) is 0. The highest BCUT2D eigenvalue weighted by Crippen LogP contribution is 2.28. The topological polar surface area (TPSA) is 67.2 Å². The molecule has 1 saturated carbocycles. The van der Waals surface area contributed by atoms with Crippen LogP contribution in [0.1, 0.15) is 44.1 Å². The Labute approximate surface area is 143 Å². The molecule has 1 N–H and O–H groups in total. The number of hydrogen-bond acceptors (Lipinski definition) is 3. The first-order chi connectivity index (χ1) is 11.6. The molecule has 0 unspecified atom stereocenters. The summed E-state index contributed by atoms with van der Waals surface area (Å²) >= 11 is 0. The van der Waals surface area contributed by atoms with E-state index in [1.807, 2.05) is 28.9 Å². The van der Waals surface area contributed by atoms with Crippen LogP contribution in [0.2, 0.25) is 0 Å². The third-order valence-corrected chi connectivity index (χ3v) is 5.28. The summed E-state index contributed by atoms with van der Waals surface area (Å²) in [6, 6.07) is 0. The Hall–Kier alpha value is -1.85. The average molecular weight is 332 g/mol. The number of likely N-dealkylation sites (tertiary alicyclic amines) is 1. The summed E-state index contributed by atoms with van der Waals surface area (Å²) in [6.07, 6.45) is 9.82. The summed E-state index contributed by atoms with van der Waals surface area (Å²) in [5, 5.41) is 7.22. The van der Waals surface area contributed by atoms with Crippen molar-refractivity contribution in [2.24, 2.45) is 11.8 Å². The quantitative estimate of drug-likeness (QED) is 0.893. The van der Waals surface area contributed by atoms with E-state index in [4.69, 9.17) is 0 Å². The number of nitrogens with zero attached hydrogens (tertiary/aromatic N) is 3. The number of carbonyl (C=O) groups excluding carboxylic acids is 2. The molecule has 1 aliphatic heterocycles. The molecule has 1 aromatic rings. The van der Waals surface area contributed by atoms with Gasteiger partial charge in [-0.05, 0) is 38.2 Å². The number of aromatic nitrogens is 2. The van der Waals surface area contributed by atoms with Crippen LogP contribution in [-0.4, -0.2) is 46.1 Å². The zero-order valence-electron chi connectivity index (χ0n) is 14.5. The van der Waals surface area contributed by atoms with Crippen molar-refractivity contribution < 1.29 is 9.59 Å². The lowest BCUT2D eigenvalue weighted by molar-refractivity contribution is -0.139. The fraction of sp³-hybridized carbons (Fsp3) is 0.722. The fourth-order valence-corrected chi connectivity index (χ4v) is 3.82. The Bertz CT molecular complexity index is 569. The molecule has 2 fully saturated rings. The van der Waals surface area contributed by atoms with Gasteiger partial charge in [-0.25, -0.2) is 0 Å². The van der Waals surface area contributed by atoms with Crippen LogP contribution in [0.4, 0.5) is 0 Å². The molecule has 1 saturated heterocycles. The molecule has 2 aliphatic rings. The highest BCUT2D eigenvalue weighted by atomic mass is 16.2. The number of carbonyl (C=O) groups is 2. The van der Waals surface area contributed by atoms with E-state index in [9.17, 15) is 9.59 Å². The molecule has 1 aromatic heterocycles.